The van der Waals surface area contributed by atoms with Crippen molar-refractivity contribution in [1.82, 2.24) is 10.6 Å². The van der Waals surface area contributed by atoms with Crippen molar-refractivity contribution in [2.45, 2.75) is 39.2 Å². The average Bonchev–Trinajstić information content (AvgIpc) is 2.63. The van der Waals surface area contributed by atoms with Gasteiger partial charge in [-0.3, -0.25) is 9.59 Å². The Morgan fingerprint density at radius 2 is 1.72 bits per heavy atom. The van der Waals surface area contributed by atoms with Crippen molar-refractivity contribution in [1.29, 1.82) is 0 Å². The molecule has 6 heteroatoms. The van der Waals surface area contributed by atoms with Crippen molar-refractivity contribution in [3.8, 4) is 11.5 Å². The van der Waals surface area contributed by atoms with Gasteiger partial charge >= 0.3 is 0 Å². The molecular formula is C19H28N2O4. The quantitative estimate of drug-likeness (QED) is 0.827. The summed E-state index contributed by atoms with van der Waals surface area (Å²) in [5, 5.41) is 5.70. The Morgan fingerprint density at radius 3 is 2.32 bits per heavy atom. The number of hydrogen-bond acceptors (Lipinski definition) is 4. The van der Waals surface area contributed by atoms with E-state index in [4.69, 9.17) is 9.47 Å². The fourth-order valence-corrected chi connectivity index (χ4v) is 3.24. The minimum atomic E-state index is -0.336. The molecule has 0 spiro atoms. The van der Waals surface area contributed by atoms with Crippen LogP contribution >= 0.6 is 0 Å². The number of hydrogen-bond donors (Lipinski definition) is 2. The number of carbonyl (C=O) groups excluding carboxylic acids is 2. The lowest BCUT2D eigenvalue weighted by molar-refractivity contribution is -0.121. The first-order valence-corrected chi connectivity index (χ1v) is 8.75. The molecular weight excluding hydrogens is 320 g/mol. The van der Waals surface area contributed by atoms with Crippen molar-refractivity contribution < 1.29 is 19.1 Å². The van der Waals surface area contributed by atoms with Crippen LogP contribution in [0.5, 0.6) is 11.5 Å². The van der Waals surface area contributed by atoms with Crippen LogP contribution in [0.3, 0.4) is 0 Å². The summed E-state index contributed by atoms with van der Waals surface area (Å²) in [7, 11) is 3.05. The van der Waals surface area contributed by atoms with Crippen LogP contribution in [0.2, 0.25) is 0 Å². The molecule has 2 amide bonds. The van der Waals surface area contributed by atoms with Crippen molar-refractivity contribution >= 4 is 11.8 Å². The van der Waals surface area contributed by atoms with Crippen LogP contribution in [0.25, 0.3) is 0 Å². The highest BCUT2D eigenvalue weighted by Gasteiger charge is 2.28. The first-order chi connectivity index (χ1) is 11.9. The maximum absolute atomic E-state index is 12.3. The fourth-order valence-electron chi connectivity index (χ4n) is 3.24. The molecule has 0 heterocycles. The Kier molecular flexibility index (Phi) is 6.67. The van der Waals surface area contributed by atoms with Crippen LogP contribution in [-0.4, -0.2) is 38.6 Å². The Labute approximate surface area is 149 Å². The molecule has 0 saturated heterocycles. The molecule has 25 heavy (non-hydrogen) atoms. The summed E-state index contributed by atoms with van der Waals surface area (Å²) in [6.45, 7) is 4.35. The van der Waals surface area contributed by atoms with E-state index in [1.54, 1.807) is 18.2 Å². The molecule has 1 aromatic carbocycles. The molecule has 0 aromatic heterocycles. The molecule has 3 unspecified atom stereocenters. The summed E-state index contributed by atoms with van der Waals surface area (Å²) in [5.74, 6) is 1.62. The van der Waals surface area contributed by atoms with E-state index in [9.17, 15) is 9.59 Å². The van der Waals surface area contributed by atoms with Gasteiger partial charge in [0.05, 0.1) is 20.8 Å². The molecule has 1 fully saturated rings. The van der Waals surface area contributed by atoms with Crippen LogP contribution in [0.4, 0.5) is 0 Å². The largest absolute Gasteiger partial charge is 0.497 e. The van der Waals surface area contributed by atoms with Crippen LogP contribution in [0.15, 0.2) is 18.2 Å². The summed E-state index contributed by atoms with van der Waals surface area (Å²) >= 11 is 0. The second-order valence-corrected chi connectivity index (χ2v) is 6.73. The zero-order valence-electron chi connectivity index (χ0n) is 15.4. The Bertz CT molecular complexity index is 595. The zero-order chi connectivity index (χ0) is 18.4. The summed E-state index contributed by atoms with van der Waals surface area (Å²) in [6.07, 6.45) is 3.34. The van der Waals surface area contributed by atoms with Crippen LogP contribution in [0, 0.1) is 11.8 Å². The van der Waals surface area contributed by atoms with Gasteiger partial charge in [-0.2, -0.15) is 0 Å². The van der Waals surface area contributed by atoms with E-state index in [0.29, 0.717) is 28.9 Å². The Morgan fingerprint density at radius 1 is 1.08 bits per heavy atom. The third-order valence-corrected chi connectivity index (χ3v) is 5.08. The SMILES string of the molecule is COc1cc(OC)cc(C(=O)NCC(=O)NC2CCCC(C)C2C)c1. The van der Waals surface area contributed by atoms with Crippen LogP contribution in [0.1, 0.15) is 43.5 Å². The van der Waals surface area contributed by atoms with Crippen LogP contribution < -0.4 is 20.1 Å². The van der Waals surface area contributed by atoms with Gasteiger partial charge in [-0.25, -0.2) is 0 Å². The number of methoxy groups -OCH3 is 2. The van der Waals surface area contributed by atoms with Gasteiger partial charge < -0.3 is 20.1 Å². The number of rotatable bonds is 6. The predicted molar refractivity (Wildman–Crippen MR) is 96.0 cm³/mol. The third kappa shape index (κ3) is 5.11. The number of amides is 2. The van der Waals surface area contributed by atoms with Gasteiger partial charge in [-0.1, -0.05) is 26.7 Å². The molecule has 2 rings (SSSR count). The zero-order valence-corrected chi connectivity index (χ0v) is 15.4. The normalized spacial score (nSPS) is 22.8. The van der Waals surface area contributed by atoms with Gasteiger partial charge in [0.25, 0.3) is 5.91 Å². The van der Waals surface area contributed by atoms with Gasteiger partial charge in [0, 0.05) is 17.7 Å². The molecule has 0 aliphatic heterocycles. The lowest BCUT2D eigenvalue weighted by Gasteiger charge is -2.34. The highest BCUT2D eigenvalue weighted by molar-refractivity contribution is 5.97. The van der Waals surface area contributed by atoms with Gasteiger partial charge in [-0.05, 0) is 30.4 Å². The van der Waals surface area contributed by atoms with Crippen molar-refractivity contribution in [3.63, 3.8) is 0 Å². The molecule has 1 aliphatic carbocycles. The third-order valence-electron chi connectivity index (χ3n) is 5.08. The van der Waals surface area contributed by atoms with E-state index in [-0.39, 0.29) is 24.4 Å². The van der Waals surface area contributed by atoms with Crippen molar-refractivity contribution in [3.05, 3.63) is 23.8 Å². The number of benzene rings is 1. The average molecular weight is 348 g/mol. The van der Waals surface area contributed by atoms with Gasteiger partial charge in [0.2, 0.25) is 5.91 Å². The predicted octanol–water partition coefficient (Wildman–Crippen LogP) is 2.37. The molecule has 2 N–H and O–H groups in total. The smallest absolute Gasteiger partial charge is 0.251 e. The Balaban J connectivity index is 1.90. The highest BCUT2D eigenvalue weighted by Crippen LogP contribution is 2.29. The van der Waals surface area contributed by atoms with Gasteiger partial charge in [0.15, 0.2) is 0 Å². The summed E-state index contributed by atoms with van der Waals surface area (Å²) in [6, 6.07) is 5.10. The van der Waals surface area contributed by atoms with E-state index in [2.05, 4.69) is 24.5 Å². The molecule has 1 aliphatic rings. The molecule has 6 nitrogen and oxygen atoms in total. The Hall–Kier alpha value is -2.24. The topological polar surface area (TPSA) is 76.7 Å². The highest BCUT2D eigenvalue weighted by atomic mass is 16.5. The number of carbonyl (C=O) groups is 2. The summed E-state index contributed by atoms with van der Waals surface area (Å²) in [5.41, 5.74) is 0.392. The molecule has 0 bridgehead atoms. The lowest BCUT2D eigenvalue weighted by atomic mass is 9.78. The molecule has 3 atom stereocenters. The van der Waals surface area contributed by atoms with Crippen LogP contribution in [-0.2, 0) is 4.79 Å². The van der Waals surface area contributed by atoms with E-state index >= 15 is 0 Å². The van der Waals surface area contributed by atoms with E-state index in [1.165, 1.54) is 20.6 Å². The molecule has 138 valence electrons. The second kappa shape index (κ2) is 8.74. The van der Waals surface area contributed by atoms with Crippen molar-refractivity contribution in [2.75, 3.05) is 20.8 Å². The monoisotopic (exact) mass is 348 g/mol. The van der Waals surface area contributed by atoms with Gasteiger partial charge in [0.1, 0.15) is 11.5 Å². The van der Waals surface area contributed by atoms with E-state index in [0.717, 1.165) is 12.8 Å². The minimum Gasteiger partial charge on any atom is -0.497 e. The first kappa shape index (κ1) is 19.1. The first-order valence-electron chi connectivity index (χ1n) is 8.75. The van der Waals surface area contributed by atoms with Crippen molar-refractivity contribution in [2.24, 2.45) is 11.8 Å². The standard InChI is InChI=1S/C19H28N2O4/c1-12-6-5-7-17(13(12)2)21-18(22)11-20-19(23)14-8-15(24-3)10-16(9-14)25-4/h8-10,12-13,17H,5-7,11H2,1-4H3,(H,20,23)(H,21,22). The molecule has 1 aromatic rings. The van der Waals surface area contributed by atoms with E-state index < -0.39 is 0 Å². The molecule has 0 radical (unpaired) electrons. The lowest BCUT2D eigenvalue weighted by Crippen LogP contribution is -2.47. The summed E-state index contributed by atoms with van der Waals surface area (Å²) < 4.78 is 10.3. The van der Waals surface area contributed by atoms with Gasteiger partial charge in [-0.15, -0.1) is 0 Å². The minimum absolute atomic E-state index is 0.0457. The maximum atomic E-state index is 12.3. The number of nitrogens with one attached hydrogen (secondary N) is 2. The molecule has 1 saturated carbocycles. The maximum Gasteiger partial charge on any atom is 0.251 e. The summed E-state index contributed by atoms with van der Waals surface area (Å²) in [4.78, 5) is 24.5. The fraction of sp³-hybridized carbons (Fsp3) is 0.579. The second-order valence-electron chi connectivity index (χ2n) is 6.73. The van der Waals surface area contributed by atoms with E-state index in [1.807, 2.05) is 0 Å². The number of ether oxygens (including phenoxy) is 2.